The number of hydrogen-bond donors (Lipinski definition) is 1. The second kappa shape index (κ2) is 5.58. The van der Waals surface area contributed by atoms with E-state index in [0.29, 0.717) is 19.5 Å². The van der Waals surface area contributed by atoms with E-state index in [2.05, 4.69) is 5.32 Å². The van der Waals surface area contributed by atoms with Crippen molar-refractivity contribution in [3.63, 3.8) is 0 Å². The lowest BCUT2D eigenvalue weighted by Crippen LogP contribution is -2.51. The summed E-state index contributed by atoms with van der Waals surface area (Å²) in [5.74, 6) is 2.22. The Hall–Kier alpha value is -0.270. The fourth-order valence-electron chi connectivity index (χ4n) is 2.10. The summed E-state index contributed by atoms with van der Waals surface area (Å²) in [6, 6.07) is -0.130. The van der Waals surface area contributed by atoms with E-state index >= 15 is 0 Å². The molecule has 2 aliphatic heterocycles. The van der Waals surface area contributed by atoms with Crippen molar-refractivity contribution in [3.8, 4) is 0 Å². The van der Waals surface area contributed by atoms with E-state index in [1.165, 1.54) is 0 Å². The molecule has 0 aliphatic carbocycles. The molecule has 98 valence electrons. The number of hydrogen-bond acceptors (Lipinski definition) is 5. The molecule has 5 nitrogen and oxygen atoms in total. The molecule has 1 unspecified atom stereocenters. The fourth-order valence-corrected chi connectivity index (χ4v) is 4.30. The Balaban J connectivity index is 1.95. The van der Waals surface area contributed by atoms with Crippen LogP contribution in [-0.2, 0) is 14.6 Å². The number of nitrogens with one attached hydrogen (secondary N) is 1. The molecule has 1 amide bonds. The number of carbonyl (C=O) groups is 1. The Morgan fingerprint density at radius 2 is 2.12 bits per heavy atom. The highest BCUT2D eigenvalue weighted by atomic mass is 32.2. The smallest absolute Gasteiger partial charge is 0.240 e. The first-order valence-corrected chi connectivity index (χ1v) is 8.86. The highest BCUT2D eigenvalue weighted by Crippen LogP contribution is 2.12. The predicted molar refractivity (Wildman–Crippen MR) is 69.0 cm³/mol. The maximum atomic E-state index is 12.2. The largest absolute Gasteiger partial charge is 0.340 e. The van der Waals surface area contributed by atoms with Gasteiger partial charge in [0.05, 0.1) is 17.5 Å². The third-order valence-corrected chi connectivity index (χ3v) is 5.86. The fraction of sp³-hybridized carbons (Fsp3) is 0.900. The Bertz CT molecular complexity index is 377. The Labute approximate surface area is 106 Å². The number of rotatable bonds is 1. The summed E-state index contributed by atoms with van der Waals surface area (Å²) in [5, 5.41) is 3.20. The molecule has 0 saturated carbocycles. The van der Waals surface area contributed by atoms with Crippen molar-refractivity contribution < 1.29 is 13.2 Å². The minimum absolute atomic E-state index is 0.0642. The zero-order valence-electron chi connectivity index (χ0n) is 9.72. The van der Waals surface area contributed by atoms with E-state index < -0.39 is 9.84 Å². The quantitative estimate of drug-likeness (QED) is 0.690. The lowest BCUT2D eigenvalue weighted by atomic mass is 10.2. The van der Waals surface area contributed by atoms with Gasteiger partial charge in [0, 0.05) is 31.1 Å². The zero-order valence-corrected chi connectivity index (χ0v) is 11.4. The van der Waals surface area contributed by atoms with Crippen LogP contribution >= 0.6 is 11.8 Å². The van der Waals surface area contributed by atoms with E-state index in [0.717, 1.165) is 18.1 Å². The molecule has 2 fully saturated rings. The van der Waals surface area contributed by atoms with E-state index in [9.17, 15) is 13.2 Å². The second-order valence-electron chi connectivity index (χ2n) is 4.41. The highest BCUT2D eigenvalue weighted by molar-refractivity contribution is 7.99. The average Bonchev–Trinajstić information content (AvgIpc) is 2.50. The van der Waals surface area contributed by atoms with Gasteiger partial charge in [-0.25, -0.2) is 8.42 Å². The monoisotopic (exact) mass is 278 g/mol. The Morgan fingerprint density at radius 1 is 1.29 bits per heavy atom. The average molecular weight is 278 g/mol. The topological polar surface area (TPSA) is 66.5 Å². The number of nitrogens with zero attached hydrogens (tertiary/aromatic N) is 1. The lowest BCUT2D eigenvalue weighted by Gasteiger charge is -2.28. The van der Waals surface area contributed by atoms with Gasteiger partial charge in [-0.05, 0) is 6.42 Å². The predicted octanol–water partition coefficient (Wildman–Crippen LogP) is -0.661. The summed E-state index contributed by atoms with van der Waals surface area (Å²) in [5.41, 5.74) is 0. The van der Waals surface area contributed by atoms with Crippen LogP contribution in [0.2, 0.25) is 0 Å². The minimum Gasteiger partial charge on any atom is -0.340 e. The highest BCUT2D eigenvalue weighted by Gasteiger charge is 2.28. The van der Waals surface area contributed by atoms with Crippen molar-refractivity contribution in [1.82, 2.24) is 10.2 Å². The van der Waals surface area contributed by atoms with Crippen LogP contribution in [-0.4, -0.2) is 67.9 Å². The summed E-state index contributed by atoms with van der Waals surface area (Å²) < 4.78 is 22.9. The number of thioether (sulfide) groups is 1. The number of carbonyl (C=O) groups excluding carboxylic acids is 1. The summed E-state index contributed by atoms with van der Waals surface area (Å²) in [6.07, 6.45) is 0.563. The van der Waals surface area contributed by atoms with Gasteiger partial charge >= 0.3 is 0 Å². The third kappa shape index (κ3) is 3.59. The van der Waals surface area contributed by atoms with Gasteiger partial charge in [0.1, 0.15) is 0 Å². The molecule has 1 N–H and O–H groups in total. The molecule has 0 aromatic rings. The first-order chi connectivity index (χ1) is 8.08. The van der Waals surface area contributed by atoms with E-state index in [-0.39, 0.29) is 23.5 Å². The molecule has 0 aromatic heterocycles. The standard InChI is InChI=1S/C10H18N2O3S2/c13-10(9-8-16-5-2-11-9)12-3-1-6-17(14,15)7-4-12/h9,11H,1-8H2. The van der Waals surface area contributed by atoms with Gasteiger partial charge in [0.15, 0.2) is 9.84 Å². The van der Waals surface area contributed by atoms with E-state index in [1.54, 1.807) is 16.7 Å². The molecule has 17 heavy (non-hydrogen) atoms. The maximum absolute atomic E-state index is 12.2. The van der Waals surface area contributed by atoms with Crippen molar-refractivity contribution in [3.05, 3.63) is 0 Å². The van der Waals surface area contributed by atoms with Crippen molar-refractivity contribution in [2.45, 2.75) is 12.5 Å². The van der Waals surface area contributed by atoms with Crippen molar-refractivity contribution >= 4 is 27.5 Å². The molecule has 0 bridgehead atoms. The van der Waals surface area contributed by atoms with Gasteiger partial charge in [-0.1, -0.05) is 0 Å². The van der Waals surface area contributed by atoms with E-state index in [1.807, 2.05) is 0 Å². The zero-order chi connectivity index (χ0) is 12.3. The van der Waals surface area contributed by atoms with Crippen LogP contribution in [0.1, 0.15) is 6.42 Å². The molecule has 2 rings (SSSR count). The van der Waals surface area contributed by atoms with Gasteiger partial charge in [-0.2, -0.15) is 11.8 Å². The first kappa shape index (κ1) is 13.2. The van der Waals surface area contributed by atoms with Gasteiger partial charge in [-0.3, -0.25) is 4.79 Å². The van der Waals surface area contributed by atoms with E-state index in [4.69, 9.17) is 0 Å². The Morgan fingerprint density at radius 3 is 2.82 bits per heavy atom. The molecule has 2 heterocycles. The van der Waals surface area contributed by atoms with Crippen molar-refractivity contribution in [2.24, 2.45) is 0 Å². The molecule has 0 spiro atoms. The van der Waals surface area contributed by atoms with Crippen LogP contribution in [0.5, 0.6) is 0 Å². The summed E-state index contributed by atoms with van der Waals surface area (Å²) >= 11 is 1.77. The molecule has 2 aliphatic rings. The maximum Gasteiger partial charge on any atom is 0.240 e. The molecular formula is C10H18N2O3S2. The van der Waals surface area contributed by atoms with Gasteiger partial charge in [0.2, 0.25) is 5.91 Å². The molecular weight excluding hydrogens is 260 g/mol. The molecule has 2 saturated heterocycles. The van der Waals surface area contributed by atoms with Crippen LogP contribution in [0, 0.1) is 0 Å². The van der Waals surface area contributed by atoms with Crippen LogP contribution in [0.15, 0.2) is 0 Å². The minimum atomic E-state index is -2.94. The molecule has 7 heteroatoms. The molecule has 0 aromatic carbocycles. The van der Waals surface area contributed by atoms with Gasteiger partial charge < -0.3 is 10.2 Å². The van der Waals surface area contributed by atoms with Crippen LogP contribution in [0.3, 0.4) is 0 Å². The summed E-state index contributed by atoms with van der Waals surface area (Å²) in [7, 11) is -2.94. The van der Waals surface area contributed by atoms with Crippen LogP contribution < -0.4 is 5.32 Å². The van der Waals surface area contributed by atoms with Crippen LogP contribution in [0.4, 0.5) is 0 Å². The van der Waals surface area contributed by atoms with Crippen molar-refractivity contribution in [1.29, 1.82) is 0 Å². The first-order valence-electron chi connectivity index (χ1n) is 5.89. The normalized spacial score (nSPS) is 29.6. The summed E-state index contributed by atoms with van der Waals surface area (Å²) in [6.45, 7) is 1.78. The van der Waals surface area contributed by atoms with Crippen molar-refractivity contribution in [2.75, 3.05) is 42.6 Å². The van der Waals surface area contributed by atoms with Gasteiger partial charge in [-0.15, -0.1) is 0 Å². The summed E-state index contributed by atoms with van der Waals surface area (Å²) in [4.78, 5) is 13.9. The SMILES string of the molecule is O=C(C1CSCCN1)N1CCCS(=O)(=O)CC1. The van der Waals surface area contributed by atoms with Gasteiger partial charge in [0.25, 0.3) is 0 Å². The Kier molecular flexibility index (Phi) is 4.32. The van der Waals surface area contributed by atoms with Crippen LogP contribution in [0.25, 0.3) is 0 Å². The second-order valence-corrected chi connectivity index (χ2v) is 7.87. The lowest BCUT2D eigenvalue weighted by molar-refractivity contribution is -0.132. The third-order valence-electron chi connectivity index (χ3n) is 3.09. The number of sulfone groups is 1. The molecule has 1 atom stereocenters. The number of amides is 1. The molecule has 0 radical (unpaired) electrons.